The number of nitrogens with one attached hydrogen (secondary N) is 1. The molecular formula is C12H28BNO2. The van der Waals surface area contributed by atoms with E-state index in [0.29, 0.717) is 6.61 Å². The molecule has 3 nitrogen and oxygen atoms in total. The highest BCUT2D eigenvalue weighted by Crippen LogP contribution is 2.00. The van der Waals surface area contributed by atoms with Crippen molar-refractivity contribution in [2.24, 2.45) is 0 Å². The van der Waals surface area contributed by atoms with Crippen molar-refractivity contribution >= 4 is 7.98 Å². The van der Waals surface area contributed by atoms with E-state index in [1.54, 1.807) is 0 Å². The lowest BCUT2D eigenvalue weighted by Gasteiger charge is -2.17. The Morgan fingerprint density at radius 2 is 1.88 bits per heavy atom. The zero-order chi connectivity index (χ0) is 12.1. The molecule has 4 heteroatoms. The average Bonchev–Trinajstić information content (AvgIpc) is 2.30. The molecule has 0 amide bonds. The summed E-state index contributed by atoms with van der Waals surface area (Å²) in [7, 11) is 1.95. The van der Waals surface area contributed by atoms with Crippen LogP contribution in [0.1, 0.15) is 46.0 Å². The first kappa shape index (κ1) is 15.9. The minimum absolute atomic E-state index is 0.205. The quantitative estimate of drug-likeness (QED) is 0.406. The lowest BCUT2D eigenvalue weighted by Crippen LogP contribution is -2.32. The second-order valence-electron chi connectivity index (χ2n) is 4.19. The Balaban J connectivity index is 3.36. The predicted octanol–water partition coefficient (Wildman–Crippen LogP) is 1.52. The maximum absolute atomic E-state index is 5.67. The molecule has 1 N–H and O–H groups in total. The Kier molecular flexibility index (Phi) is 13.0. The van der Waals surface area contributed by atoms with Crippen LogP contribution in [-0.2, 0) is 9.47 Å². The average molecular weight is 229 g/mol. The zero-order valence-electron chi connectivity index (χ0n) is 11.3. The van der Waals surface area contributed by atoms with Crippen LogP contribution < -0.4 is 5.23 Å². The lowest BCUT2D eigenvalue weighted by molar-refractivity contribution is -0.0137. The van der Waals surface area contributed by atoms with E-state index < -0.39 is 0 Å². The van der Waals surface area contributed by atoms with Crippen molar-refractivity contribution in [1.82, 2.24) is 5.23 Å². The highest BCUT2D eigenvalue weighted by molar-refractivity contribution is 6.04. The van der Waals surface area contributed by atoms with Gasteiger partial charge in [0.05, 0.1) is 12.7 Å². The van der Waals surface area contributed by atoms with E-state index in [0.717, 1.165) is 26.2 Å². The van der Waals surface area contributed by atoms with Crippen molar-refractivity contribution < 1.29 is 9.47 Å². The van der Waals surface area contributed by atoms with Crippen LogP contribution in [0.5, 0.6) is 0 Å². The molecule has 0 fully saturated rings. The van der Waals surface area contributed by atoms with E-state index in [1.165, 1.54) is 25.7 Å². The molecule has 0 bridgehead atoms. The van der Waals surface area contributed by atoms with Crippen LogP contribution in [0.25, 0.3) is 0 Å². The maximum atomic E-state index is 5.67. The van der Waals surface area contributed by atoms with E-state index in [9.17, 15) is 0 Å². The molecule has 0 aliphatic rings. The molecular weight excluding hydrogens is 201 g/mol. The summed E-state index contributed by atoms with van der Waals surface area (Å²) in [6.45, 7) is 7.63. The van der Waals surface area contributed by atoms with Gasteiger partial charge in [-0.2, -0.15) is 0 Å². The molecule has 0 rings (SSSR count). The number of rotatable bonds is 12. The SMILES string of the molecule is BNC[C@H](COCCCCCC)OCCC. The third-order valence-electron chi connectivity index (χ3n) is 2.44. The normalized spacial score (nSPS) is 12.9. The van der Waals surface area contributed by atoms with Crippen molar-refractivity contribution in [3.63, 3.8) is 0 Å². The second kappa shape index (κ2) is 13.0. The van der Waals surface area contributed by atoms with Crippen molar-refractivity contribution in [3.05, 3.63) is 0 Å². The van der Waals surface area contributed by atoms with Gasteiger partial charge in [-0.25, -0.2) is 0 Å². The molecule has 0 saturated carbocycles. The molecule has 0 aromatic carbocycles. The molecule has 0 aromatic heterocycles. The molecule has 0 spiro atoms. The topological polar surface area (TPSA) is 30.5 Å². The van der Waals surface area contributed by atoms with E-state index in [2.05, 4.69) is 19.1 Å². The molecule has 0 saturated heterocycles. The molecule has 0 radical (unpaired) electrons. The minimum atomic E-state index is 0.205. The van der Waals surface area contributed by atoms with Crippen LogP contribution in [0, 0.1) is 0 Å². The summed E-state index contributed by atoms with van der Waals surface area (Å²) in [6, 6.07) is 0. The molecule has 0 aromatic rings. The van der Waals surface area contributed by atoms with Gasteiger partial charge in [0, 0.05) is 19.8 Å². The predicted molar refractivity (Wildman–Crippen MR) is 71.5 cm³/mol. The van der Waals surface area contributed by atoms with Crippen LogP contribution in [0.15, 0.2) is 0 Å². The zero-order valence-corrected chi connectivity index (χ0v) is 11.3. The van der Waals surface area contributed by atoms with Crippen LogP contribution in [0.4, 0.5) is 0 Å². The van der Waals surface area contributed by atoms with Gasteiger partial charge in [0.25, 0.3) is 0 Å². The van der Waals surface area contributed by atoms with E-state index in [4.69, 9.17) is 9.47 Å². The van der Waals surface area contributed by atoms with Gasteiger partial charge >= 0.3 is 0 Å². The Hall–Kier alpha value is -0.0551. The maximum Gasteiger partial charge on any atom is 0.182 e. The van der Waals surface area contributed by atoms with E-state index >= 15 is 0 Å². The fourth-order valence-corrected chi connectivity index (χ4v) is 1.52. The fraction of sp³-hybridized carbons (Fsp3) is 1.00. The Morgan fingerprint density at radius 1 is 1.06 bits per heavy atom. The van der Waals surface area contributed by atoms with Gasteiger partial charge in [0.15, 0.2) is 7.98 Å². The molecule has 0 heterocycles. The summed E-state index contributed by atoms with van der Waals surface area (Å²) in [5.74, 6) is 0. The Morgan fingerprint density at radius 3 is 2.50 bits per heavy atom. The minimum Gasteiger partial charge on any atom is -0.379 e. The summed E-state index contributed by atoms with van der Waals surface area (Å²) in [5, 5.41) is 3.13. The van der Waals surface area contributed by atoms with Crippen molar-refractivity contribution in [2.45, 2.75) is 52.1 Å². The van der Waals surface area contributed by atoms with Gasteiger partial charge < -0.3 is 14.7 Å². The van der Waals surface area contributed by atoms with Crippen LogP contribution >= 0.6 is 0 Å². The standard InChI is InChI=1S/C12H28BNO2/c1-3-5-6-7-9-15-11-12(10-14-13)16-8-4-2/h12,14H,3-11,13H2,1-2H3/t12-/m1/s1. The first-order valence-corrected chi connectivity index (χ1v) is 6.69. The molecule has 0 aliphatic heterocycles. The third-order valence-corrected chi connectivity index (χ3v) is 2.44. The molecule has 96 valence electrons. The van der Waals surface area contributed by atoms with Gasteiger partial charge in [-0.1, -0.05) is 33.1 Å². The Bertz CT molecular complexity index is 136. The Labute approximate surface area is 102 Å². The van der Waals surface area contributed by atoms with Gasteiger partial charge in [-0.05, 0) is 12.8 Å². The molecule has 16 heavy (non-hydrogen) atoms. The van der Waals surface area contributed by atoms with Gasteiger partial charge in [0.2, 0.25) is 0 Å². The fourth-order valence-electron chi connectivity index (χ4n) is 1.52. The lowest BCUT2D eigenvalue weighted by atomic mass is 10.2. The van der Waals surface area contributed by atoms with E-state index in [-0.39, 0.29) is 6.10 Å². The summed E-state index contributed by atoms with van der Waals surface area (Å²) in [6.07, 6.45) is 6.32. The summed E-state index contributed by atoms with van der Waals surface area (Å²) in [5.41, 5.74) is 0. The molecule has 0 aliphatic carbocycles. The van der Waals surface area contributed by atoms with E-state index in [1.807, 2.05) is 7.98 Å². The largest absolute Gasteiger partial charge is 0.379 e. The van der Waals surface area contributed by atoms with Gasteiger partial charge in [-0.3, -0.25) is 0 Å². The summed E-state index contributed by atoms with van der Waals surface area (Å²) >= 11 is 0. The monoisotopic (exact) mass is 229 g/mol. The summed E-state index contributed by atoms with van der Waals surface area (Å²) in [4.78, 5) is 0. The number of ether oxygens (including phenoxy) is 2. The third kappa shape index (κ3) is 10.5. The first-order chi connectivity index (χ1) is 7.85. The smallest absolute Gasteiger partial charge is 0.182 e. The van der Waals surface area contributed by atoms with Gasteiger partial charge in [-0.15, -0.1) is 0 Å². The summed E-state index contributed by atoms with van der Waals surface area (Å²) < 4.78 is 11.3. The first-order valence-electron chi connectivity index (χ1n) is 6.69. The number of unbranched alkanes of at least 4 members (excludes halogenated alkanes) is 3. The molecule has 1 atom stereocenters. The van der Waals surface area contributed by atoms with Crippen LogP contribution in [0.3, 0.4) is 0 Å². The highest BCUT2D eigenvalue weighted by atomic mass is 16.5. The van der Waals surface area contributed by atoms with Crippen molar-refractivity contribution in [2.75, 3.05) is 26.4 Å². The second-order valence-corrected chi connectivity index (χ2v) is 4.19. The van der Waals surface area contributed by atoms with Crippen molar-refractivity contribution in [1.29, 1.82) is 0 Å². The molecule has 0 unspecified atom stereocenters. The number of hydrogen-bond donors (Lipinski definition) is 1. The van der Waals surface area contributed by atoms with Crippen LogP contribution in [-0.4, -0.2) is 40.5 Å². The van der Waals surface area contributed by atoms with Gasteiger partial charge in [0.1, 0.15) is 0 Å². The highest BCUT2D eigenvalue weighted by Gasteiger charge is 2.07. The van der Waals surface area contributed by atoms with Crippen molar-refractivity contribution in [3.8, 4) is 0 Å². The van der Waals surface area contributed by atoms with Crippen LogP contribution in [0.2, 0.25) is 0 Å². The number of hydrogen-bond acceptors (Lipinski definition) is 3.